The molecule has 0 amide bonds. The van der Waals surface area contributed by atoms with Crippen LogP contribution < -0.4 is 11.5 Å². The Morgan fingerprint density at radius 2 is 2.17 bits per heavy atom. The van der Waals surface area contributed by atoms with Gasteiger partial charge < -0.3 is 16.2 Å². The maximum atomic E-state index is 11.8. The summed E-state index contributed by atoms with van der Waals surface area (Å²) in [6.07, 6.45) is 12.0. The van der Waals surface area contributed by atoms with Crippen molar-refractivity contribution in [2.75, 3.05) is 6.54 Å². The fourth-order valence-corrected chi connectivity index (χ4v) is 2.09. The first-order valence-electron chi connectivity index (χ1n) is 7.07. The van der Waals surface area contributed by atoms with E-state index in [1.807, 2.05) is 6.08 Å². The fourth-order valence-electron chi connectivity index (χ4n) is 2.09. The summed E-state index contributed by atoms with van der Waals surface area (Å²) in [4.78, 5) is 11.8. The first kappa shape index (κ1) is 15.2. The van der Waals surface area contributed by atoms with E-state index in [1.54, 1.807) is 0 Å². The van der Waals surface area contributed by atoms with E-state index in [0.717, 1.165) is 32.1 Å². The summed E-state index contributed by atoms with van der Waals surface area (Å²) in [5.74, 6) is -0.276. The molecule has 4 nitrogen and oxygen atoms in total. The maximum absolute atomic E-state index is 11.8. The van der Waals surface area contributed by atoms with E-state index in [2.05, 4.69) is 6.08 Å². The van der Waals surface area contributed by atoms with E-state index in [9.17, 15) is 4.79 Å². The van der Waals surface area contributed by atoms with Crippen LogP contribution in [-0.4, -0.2) is 24.7 Å². The van der Waals surface area contributed by atoms with Gasteiger partial charge in [-0.3, -0.25) is 4.79 Å². The molecule has 0 heterocycles. The van der Waals surface area contributed by atoms with Gasteiger partial charge in [-0.15, -0.1) is 0 Å². The summed E-state index contributed by atoms with van der Waals surface area (Å²) < 4.78 is 5.44. The Balaban J connectivity index is 2.30. The van der Waals surface area contributed by atoms with Crippen molar-refractivity contribution in [3.63, 3.8) is 0 Å². The Morgan fingerprint density at radius 1 is 1.33 bits per heavy atom. The summed E-state index contributed by atoms with van der Waals surface area (Å²) in [5, 5.41) is 0. The van der Waals surface area contributed by atoms with Crippen molar-refractivity contribution >= 4 is 5.97 Å². The molecule has 1 aliphatic rings. The number of carbonyl (C=O) groups is 1. The molecule has 4 heteroatoms. The fraction of sp³-hybridized carbons (Fsp3) is 0.786. The van der Waals surface area contributed by atoms with Crippen LogP contribution in [0.4, 0.5) is 0 Å². The van der Waals surface area contributed by atoms with Crippen molar-refractivity contribution in [1.82, 2.24) is 0 Å². The van der Waals surface area contributed by atoms with Crippen molar-refractivity contribution in [3.8, 4) is 0 Å². The highest BCUT2D eigenvalue weighted by atomic mass is 16.5. The molecule has 0 bridgehead atoms. The third-order valence-electron chi connectivity index (χ3n) is 3.25. The van der Waals surface area contributed by atoms with Gasteiger partial charge in [0.15, 0.2) is 0 Å². The van der Waals surface area contributed by atoms with E-state index in [4.69, 9.17) is 16.2 Å². The summed E-state index contributed by atoms with van der Waals surface area (Å²) in [5.41, 5.74) is 11.2. The van der Waals surface area contributed by atoms with Gasteiger partial charge in [-0.25, -0.2) is 0 Å². The topological polar surface area (TPSA) is 78.3 Å². The molecule has 0 aromatic rings. The first-order valence-corrected chi connectivity index (χ1v) is 7.07. The Labute approximate surface area is 110 Å². The molecule has 0 aromatic carbocycles. The molecular formula is C14H26N2O2. The molecule has 1 aliphatic carbocycles. The number of nitrogens with two attached hydrogens (primary N) is 2. The molecule has 18 heavy (non-hydrogen) atoms. The average Bonchev–Trinajstić information content (AvgIpc) is 2.32. The summed E-state index contributed by atoms with van der Waals surface area (Å²) in [6, 6.07) is -0.504. The van der Waals surface area contributed by atoms with Gasteiger partial charge in [-0.2, -0.15) is 0 Å². The van der Waals surface area contributed by atoms with Crippen LogP contribution in [0, 0.1) is 0 Å². The molecule has 1 rings (SSSR count). The van der Waals surface area contributed by atoms with Crippen molar-refractivity contribution in [1.29, 1.82) is 0 Å². The van der Waals surface area contributed by atoms with Crippen molar-refractivity contribution in [3.05, 3.63) is 12.2 Å². The number of hydrogen-bond acceptors (Lipinski definition) is 4. The lowest BCUT2D eigenvalue weighted by Gasteiger charge is -2.18. The predicted molar refractivity (Wildman–Crippen MR) is 73.0 cm³/mol. The highest BCUT2D eigenvalue weighted by Gasteiger charge is 2.18. The SMILES string of the molecule is NCCCC[C@H](N)C(=O)OC1/C=C/CCCCC1. The smallest absolute Gasteiger partial charge is 0.323 e. The van der Waals surface area contributed by atoms with Crippen molar-refractivity contribution in [2.45, 2.75) is 63.5 Å². The lowest BCUT2D eigenvalue weighted by atomic mass is 10.0. The Morgan fingerprint density at radius 3 is 2.94 bits per heavy atom. The highest BCUT2D eigenvalue weighted by Crippen LogP contribution is 2.15. The number of allylic oxidation sites excluding steroid dienone is 1. The third-order valence-corrected chi connectivity index (χ3v) is 3.25. The van der Waals surface area contributed by atoms with Crippen LogP contribution in [0.5, 0.6) is 0 Å². The average molecular weight is 254 g/mol. The van der Waals surface area contributed by atoms with E-state index < -0.39 is 6.04 Å². The number of unbranched alkanes of at least 4 members (excludes halogenated alkanes) is 1. The van der Waals surface area contributed by atoms with Crippen LogP contribution in [-0.2, 0) is 9.53 Å². The van der Waals surface area contributed by atoms with Crippen LogP contribution in [0.1, 0.15) is 51.4 Å². The zero-order valence-electron chi connectivity index (χ0n) is 11.1. The monoisotopic (exact) mass is 254 g/mol. The first-order chi connectivity index (χ1) is 8.74. The second kappa shape index (κ2) is 9.11. The summed E-state index contributed by atoms with van der Waals surface area (Å²) in [7, 11) is 0. The second-order valence-electron chi connectivity index (χ2n) is 4.93. The quantitative estimate of drug-likeness (QED) is 0.431. The minimum atomic E-state index is -0.504. The van der Waals surface area contributed by atoms with E-state index in [1.165, 1.54) is 12.8 Å². The Kier molecular flexibility index (Phi) is 7.69. The molecule has 0 radical (unpaired) electrons. The summed E-state index contributed by atoms with van der Waals surface area (Å²) in [6.45, 7) is 0.646. The second-order valence-corrected chi connectivity index (χ2v) is 4.93. The van der Waals surface area contributed by atoms with Gasteiger partial charge in [0.05, 0.1) is 0 Å². The molecule has 0 fully saturated rings. The number of esters is 1. The van der Waals surface area contributed by atoms with Crippen LogP contribution in [0.3, 0.4) is 0 Å². The molecule has 0 aromatic heterocycles. The van der Waals surface area contributed by atoms with Crippen LogP contribution in [0.25, 0.3) is 0 Å². The van der Waals surface area contributed by atoms with Crippen LogP contribution >= 0.6 is 0 Å². The normalized spacial score (nSPS) is 23.8. The molecule has 0 aliphatic heterocycles. The van der Waals surface area contributed by atoms with E-state index in [0.29, 0.717) is 13.0 Å². The number of carbonyl (C=O) groups excluding carboxylic acids is 1. The van der Waals surface area contributed by atoms with Gasteiger partial charge in [0, 0.05) is 0 Å². The molecule has 4 N–H and O–H groups in total. The molecule has 104 valence electrons. The largest absolute Gasteiger partial charge is 0.457 e. The molecule has 0 saturated carbocycles. The minimum Gasteiger partial charge on any atom is -0.457 e. The maximum Gasteiger partial charge on any atom is 0.323 e. The zero-order valence-corrected chi connectivity index (χ0v) is 11.1. The van der Waals surface area contributed by atoms with Crippen LogP contribution in [0.2, 0.25) is 0 Å². The third kappa shape index (κ3) is 6.17. The van der Waals surface area contributed by atoms with Crippen molar-refractivity contribution in [2.24, 2.45) is 11.5 Å². The standard InChI is InChI=1S/C14H26N2O2/c15-11-7-6-10-13(16)14(17)18-12-8-4-2-1-3-5-9-12/h4,8,12-13H,1-3,5-7,9-11,15-16H2/b8-4+/t12?,13-/m0/s1. The molecule has 2 atom stereocenters. The van der Waals surface area contributed by atoms with Gasteiger partial charge >= 0.3 is 5.97 Å². The van der Waals surface area contributed by atoms with E-state index >= 15 is 0 Å². The Hall–Kier alpha value is -0.870. The zero-order chi connectivity index (χ0) is 13.2. The molecular weight excluding hydrogens is 228 g/mol. The lowest BCUT2D eigenvalue weighted by molar-refractivity contribution is -0.149. The van der Waals surface area contributed by atoms with Crippen LogP contribution in [0.15, 0.2) is 12.2 Å². The Bertz CT molecular complexity index is 267. The van der Waals surface area contributed by atoms with Gasteiger partial charge in [0.1, 0.15) is 12.1 Å². The van der Waals surface area contributed by atoms with Gasteiger partial charge in [0.25, 0.3) is 0 Å². The van der Waals surface area contributed by atoms with Gasteiger partial charge in [0.2, 0.25) is 0 Å². The van der Waals surface area contributed by atoms with Gasteiger partial charge in [-0.1, -0.05) is 18.9 Å². The highest BCUT2D eigenvalue weighted by molar-refractivity contribution is 5.75. The predicted octanol–water partition coefficient (Wildman–Crippen LogP) is 1.87. The number of rotatable bonds is 6. The van der Waals surface area contributed by atoms with Gasteiger partial charge in [-0.05, 0) is 51.1 Å². The number of ether oxygens (including phenoxy) is 1. The minimum absolute atomic E-state index is 0.0849. The van der Waals surface area contributed by atoms with E-state index in [-0.39, 0.29) is 12.1 Å². The molecule has 1 unspecified atom stereocenters. The lowest BCUT2D eigenvalue weighted by Crippen LogP contribution is -2.34. The number of hydrogen-bond donors (Lipinski definition) is 2. The summed E-state index contributed by atoms with van der Waals surface area (Å²) >= 11 is 0. The molecule has 0 spiro atoms. The van der Waals surface area contributed by atoms with Crippen molar-refractivity contribution < 1.29 is 9.53 Å². The molecule has 0 saturated heterocycles.